The number of carbonyl (C=O) groups is 1. The number of hydrogen-bond acceptors (Lipinski definition) is 7. The lowest BCUT2D eigenvalue weighted by Gasteiger charge is -2.26. The summed E-state index contributed by atoms with van der Waals surface area (Å²) < 4.78 is 23.8. The van der Waals surface area contributed by atoms with Crippen LogP contribution >= 0.6 is 0 Å². The molecule has 9 heteroatoms. The Morgan fingerprint density at radius 1 is 1.06 bits per heavy atom. The Balaban J connectivity index is 1.59. The number of morpholine rings is 1. The maximum Gasteiger partial charge on any atom is 0.255 e. The molecule has 2 heterocycles. The highest BCUT2D eigenvalue weighted by atomic mass is 16.5. The Kier molecular flexibility index (Phi) is 7.54. The zero-order chi connectivity index (χ0) is 24.1. The number of methoxy groups -OCH3 is 3. The van der Waals surface area contributed by atoms with Crippen molar-refractivity contribution in [3.8, 4) is 17.2 Å². The number of carbonyl (C=O) groups excluding carboxylic acids is 1. The second kappa shape index (κ2) is 10.8. The van der Waals surface area contributed by atoms with Gasteiger partial charge in [-0.3, -0.25) is 9.69 Å². The summed E-state index contributed by atoms with van der Waals surface area (Å²) in [5.41, 5.74) is 3.00. The smallest absolute Gasteiger partial charge is 0.255 e. The Morgan fingerprint density at radius 3 is 2.38 bits per heavy atom. The third-order valence-electron chi connectivity index (χ3n) is 5.93. The number of anilines is 1. The first kappa shape index (κ1) is 23.8. The van der Waals surface area contributed by atoms with Crippen LogP contribution in [0.25, 0.3) is 11.0 Å². The Labute approximate surface area is 199 Å². The molecule has 1 aliphatic rings. The minimum Gasteiger partial charge on any atom is -0.493 e. The first-order valence-corrected chi connectivity index (χ1v) is 11.5. The number of fused-ring (bicyclic) bond motifs is 1. The van der Waals surface area contributed by atoms with Gasteiger partial charge in [0.05, 0.1) is 52.1 Å². The molecule has 0 atom stereocenters. The molecule has 4 rings (SSSR count). The van der Waals surface area contributed by atoms with Gasteiger partial charge in [0, 0.05) is 30.9 Å². The maximum absolute atomic E-state index is 13.0. The van der Waals surface area contributed by atoms with E-state index in [9.17, 15) is 4.79 Å². The summed E-state index contributed by atoms with van der Waals surface area (Å²) in [4.78, 5) is 20.3. The van der Waals surface area contributed by atoms with E-state index >= 15 is 0 Å². The standard InChI is InChI=1S/C25H32N4O5/c1-5-8-29-20-7-6-18(15-19(20)27-23(29)16-28-9-11-34-12-10-28)26-25(30)17-13-21(31-2)24(33-4)22(14-17)32-3/h6-7,13-15H,5,8-12,16H2,1-4H3,(H,26,30). The largest absolute Gasteiger partial charge is 0.493 e. The predicted octanol–water partition coefficient (Wildman–Crippen LogP) is 3.56. The summed E-state index contributed by atoms with van der Waals surface area (Å²) in [6.45, 7) is 7.17. The first-order chi connectivity index (χ1) is 16.6. The van der Waals surface area contributed by atoms with Gasteiger partial charge in [0.2, 0.25) is 5.75 Å². The number of hydrogen-bond donors (Lipinski definition) is 1. The van der Waals surface area contributed by atoms with Crippen LogP contribution in [0.1, 0.15) is 29.5 Å². The molecule has 1 fully saturated rings. The number of rotatable bonds is 9. The van der Waals surface area contributed by atoms with Gasteiger partial charge in [-0.05, 0) is 36.8 Å². The van der Waals surface area contributed by atoms with Crippen molar-refractivity contribution in [1.29, 1.82) is 0 Å². The quantitative estimate of drug-likeness (QED) is 0.514. The van der Waals surface area contributed by atoms with Crippen molar-refractivity contribution in [1.82, 2.24) is 14.5 Å². The summed E-state index contributed by atoms with van der Waals surface area (Å²) in [5, 5.41) is 2.97. The number of nitrogens with one attached hydrogen (secondary N) is 1. The van der Waals surface area contributed by atoms with E-state index in [1.807, 2.05) is 18.2 Å². The van der Waals surface area contributed by atoms with Gasteiger partial charge in [0.15, 0.2) is 11.5 Å². The molecule has 182 valence electrons. The molecular formula is C25H32N4O5. The number of benzene rings is 2. The topological polar surface area (TPSA) is 87.1 Å². The molecule has 0 aliphatic carbocycles. The van der Waals surface area contributed by atoms with E-state index in [2.05, 4.69) is 21.7 Å². The molecule has 34 heavy (non-hydrogen) atoms. The second-order valence-electron chi connectivity index (χ2n) is 8.14. The molecule has 1 aliphatic heterocycles. The van der Waals surface area contributed by atoms with Gasteiger partial charge in [-0.2, -0.15) is 0 Å². The lowest BCUT2D eigenvalue weighted by atomic mass is 10.1. The molecule has 2 aromatic carbocycles. The summed E-state index contributed by atoms with van der Waals surface area (Å²) in [7, 11) is 4.57. The SMILES string of the molecule is CCCn1c(CN2CCOCC2)nc2cc(NC(=O)c3cc(OC)c(OC)c(OC)c3)ccc21. The molecule has 0 saturated carbocycles. The number of nitrogens with zero attached hydrogens (tertiary/aromatic N) is 3. The van der Waals surface area contributed by atoms with Crippen molar-refractivity contribution >= 4 is 22.6 Å². The van der Waals surface area contributed by atoms with E-state index in [0.29, 0.717) is 28.5 Å². The van der Waals surface area contributed by atoms with Gasteiger partial charge in [0.25, 0.3) is 5.91 Å². The van der Waals surface area contributed by atoms with Crippen LogP contribution in [0.15, 0.2) is 30.3 Å². The highest BCUT2D eigenvalue weighted by Crippen LogP contribution is 2.38. The van der Waals surface area contributed by atoms with E-state index < -0.39 is 0 Å². The zero-order valence-corrected chi connectivity index (χ0v) is 20.2. The number of imidazole rings is 1. The van der Waals surface area contributed by atoms with E-state index in [-0.39, 0.29) is 5.91 Å². The Morgan fingerprint density at radius 2 is 1.76 bits per heavy atom. The number of aryl methyl sites for hydroxylation is 1. The fourth-order valence-corrected chi connectivity index (χ4v) is 4.23. The second-order valence-corrected chi connectivity index (χ2v) is 8.14. The van der Waals surface area contributed by atoms with E-state index in [1.54, 1.807) is 12.1 Å². The van der Waals surface area contributed by atoms with Gasteiger partial charge in [-0.25, -0.2) is 4.98 Å². The highest BCUT2D eigenvalue weighted by Gasteiger charge is 2.19. The van der Waals surface area contributed by atoms with Crippen LogP contribution in [-0.2, 0) is 17.8 Å². The highest BCUT2D eigenvalue weighted by molar-refractivity contribution is 6.05. The number of ether oxygens (including phenoxy) is 4. The summed E-state index contributed by atoms with van der Waals surface area (Å²) >= 11 is 0. The Bertz CT molecular complexity index is 1130. The third-order valence-corrected chi connectivity index (χ3v) is 5.93. The summed E-state index contributed by atoms with van der Waals surface area (Å²) in [6.07, 6.45) is 1.02. The van der Waals surface area contributed by atoms with Gasteiger partial charge < -0.3 is 28.8 Å². The molecule has 1 aromatic heterocycles. The average Bonchev–Trinajstić information content (AvgIpc) is 3.19. The monoisotopic (exact) mass is 468 g/mol. The van der Waals surface area contributed by atoms with Gasteiger partial charge in [0.1, 0.15) is 5.82 Å². The van der Waals surface area contributed by atoms with Crippen LogP contribution < -0.4 is 19.5 Å². The molecule has 1 amide bonds. The lowest BCUT2D eigenvalue weighted by Crippen LogP contribution is -2.36. The van der Waals surface area contributed by atoms with Gasteiger partial charge in [-0.15, -0.1) is 0 Å². The van der Waals surface area contributed by atoms with Crippen molar-refractivity contribution < 1.29 is 23.7 Å². The fraction of sp³-hybridized carbons (Fsp3) is 0.440. The van der Waals surface area contributed by atoms with Crippen molar-refractivity contribution in [3.05, 3.63) is 41.7 Å². The van der Waals surface area contributed by atoms with E-state index in [1.165, 1.54) is 21.3 Å². The van der Waals surface area contributed by atoms with Crippen molar-refractivity contribution in [2.75, 3.05) is 52.9 Å². The molecular weight excluding hydrogens is 436 g/mol. The average molecular weight is 469 g/mol. The normalized spacial score (nSPS) is 14.2. The molecule has 0 bridgehead atoms. The van der Waals surface area contributed by atoms with Crippen molar-refractivity contribution in [3.63, 3.8) is 0 Å². The Hall–Kier alpha value is -3.30. The molecule has 3 aromatic rings. The minimum atomic E-state index is -0.278. The van der Waals surface area contributed by atoms with Crippen molar-refractivity contribution in [2.24, 2.45) is 0 Å². The van der Waals surface area contributed by atoms with Crippen LogP contribution in [-0.4, -0.2) is 68.0 Å². The summed E-state index contributed by atoms with van der Waals surface area (Å²) in [5.74, 6) is 2.05. The summed E-state index contributed by atoms with van der Waals surface area (Å²) in [6, 6.07) is 9.10. The van der Waals surface area contributed by atoms with Crippen LogP contribution in [0.2, 0.25) is 0 Å². The first-order valence-electron chi connectivity index (χ1n) is 11.5. The molecule has 0 unspecified atom stereocenters. The molecule has 0 spiro atoms. The number of amides is 1. The molecule has 1 N–H and O–H groups in total. The van der Waals surface area contributed by atoms with E-state index in [4.69, 9.17) is 23.9 Å². The van der Waals surface area contributed by atoms with E-state index in [0.717, 1.165) is 62.7 Å². The van der Waals surface area contributed by atoms with Crippen LogP contribution in [0.4, 0.5) is 5.69 Å². The van der Waals surface area contributed by atoms with Crippen LogP contribution in [0, 0.1) is 0 Å². The molecule has 0 radical (unpaired) electrons. The molecule has 9 nitrogen and oxygen atoms in total. The minimum absolute atomic E-state index is 0.278. The maximum atomic E-state index is 13.0. The lowest BCUT2D eigenvalue weighted by molar-refractivity contribution is 0.0326. The van der Waals surface area contributed by atoms with Crippen LogP contribution in [0.5, 0.6) is 17.2 Å². The van der Waals surface area contributed by atoms with Crippen LogP contribution in [0.3, 0.4) is 0 Å². The fourth-order valence-electron chi connectivity index (χ4n) is 4.23. The number of aromatic nitrogens is 2. The van der Waals surface area contributed by atoms with Gasteiger partial charge in [-0.1, -0.05) is 6.92 Å². The predicted molar refractivity (Wildman–Crippen MR) is 130 cm³/mol. The third kappa shape index (κ3) is 4.95. The van der Waals surface area contributed by atoms with Gasteiger partial charge >= 0.3 is 0 Å². The van der Waals surface area contributed by atoms with Crippen molar-refractivity contribution in [2.45, 2.75) is 26.4 Å². The zero-order valence-electron chi connectivity index (χ0n) is 20.2. The molecule has 1 saturated heterocycles.